The van der Waals surface area contributed by atoms with Crippen LogP contribution in [0.2, 0.25) is 0 Å². The number of hydrogen-bond acceptors (Lipinski definition) is 8. The quantitative estimate of drug-likeness (QED) is 0.611. The molecular formula is C26H31N7OS. The Morgan fingerprint density at radius 2 is 2.03 bits per heavy atom. The van der Waals surface area contributed by atoms with Crippen molar-refractivity contribution in [1.29, 1.82) is 0 Å². The molecule has 1 fully saturated rings. The van der Waals surface area contributed by atoms with Crippen molar-refractivity contribution in [2.75, 3.05) is 38.3 Å². The van der Waals surface area contributed by atoms with Gasteiger partial charge in [-0.2, -0.15) is 5.10 Å². The summed E-state index contributed by atoms with van der Waals surface area (Å²) < 4.78 is 7.38. The van der Waals surface area contributed by atoms with Crippen LogP contribution in [0.4, 0.5) is 5.69 Å². The predicted octanol–water partition coefficient (Wildman–Crippen LogP) is 1.95. The number of fused-ring (bicyclic) bond motifs is 2. The maximum Gasteiger partial charge on any atom is 0.189 e. The Labute approximate surface area is 209 Å². The molecule has 0 bridgehead atoms. The summed E-state index contributed by atoms with van der Waals surface area (Å²) in [5, 5.41) is 15.0. The van der Waals surface area contributed by atoms with Crippen molar-refractivity contribution in [2.24, 2.45) is 12.1 Å². The molecule has 5 heterocycles. The number of nitrogens with zero attached hydrogens (tertiary/aromatic N) is 7. The lowest BCUT2D eigenvalue weighted by molar-refractivity contribution is 0.122. The lowest BCUT2D eigenvalue weighted by Crippen LogP contribution is -2.38. The topological polar surface area (TPSA) is 62.0 Å². The Bertz CT molecular complexity index is 1310. The molecule has 8 nitrogen and oxygen atoms in total. The number of aromatic nitrogens is 3. The number of rotatable bonds is 3. The van der Waals surface area contributed by atoms with Crippen LogP contribution < -0.4 is 15.5 Å². The van der Waals surface area contributed by atoms with Crippen LogP contribution in [0.1, 0.15) is 24.8 Å². The molecule has 0 saturated carbocycles. The molecule has 6 rings (SSSR count). The number of likely N-dealkylation sites (N-methyl/N-ethyl adjacent to an activating group) is 1. The summed E-state index contributed by atoms with van der Waals surface area (Å²) in [6.45, 7) is 3.39. The minimum Gasteiger partial charge on any atom is -0.378 e. The Morgan fingerprint density at radius 3 is 2.86 bits per heavy atom. The van der Waals surface area contributed by atoms with E-state index in [0.717, 1.165) is 61.6 Å². The number of aryl methyl sites for hydroxylation is 1. The van der Waals surface area contributed by atoms with Crippen molar-refractivity contribution in [1.82, 2.24) is 24.7 Å². The van der Waals surface area contributed by atoms with Crippen molar-refractivity contribution in [3.63, 3.8) is 0 Å². The van der Waals surface area contributed by atoms with Gasteiger partial charge in [0.25, 0.3) is 0 Å². The van der Waals surface area contributed by atoms with E-state index in [0.29, 0.717) is 5.25 Å². The molecule has 4 aliphatic rings. The van der Waals surface area contributed by atoms with Crippen molar-refractivity contribution >= 4 is 40.3 Å². The van der Waals surface area contributed by atoms with E-state index in [4.69, 9.17) is 14.8 Å². The van der Waals surface area contributed by atoms with Crippen LogP contribution in [0.25, 0.3) is 17.7 Å². The number of allylic oxidation sites excluding steroid dienone is 2. The molecule has 0 spiro atoms. The summed E-state index contributed by atoms with van der Waals surface area (Å²) in [5.74, 6) is 0. The SMILES string of the molecule is CN1N=C(SC2C=c3cc(N4CCOCC4)cnc3=CCC2)N2C=C(c3cnn(C)c3)CC=CC12. The van der Waals surface area contributed by atoms with Crippen molar-refractivity contribution in [2.45, 2.75) is 30.7 Å². The van der Waals surface area contributed by atoms with Gasteiger partial charge < -0.3 is 9.64 Å². The van der Waals surface area contributed by atoms with Gasteiger partial charge in [-0.25, -0.2) is 0 Å². The Kier molecular flexibility index (Phi) is 6.12. The van der Waals surface area contributed by atoms with Crippen LogP contribution in [0.15, 0.2) is 48.1 Å². The van der Waals surface area contributed by atoms with Gasteiger partial charge in [0, 0.05) is 50.4 Å². The maximum absolute atomic E-state index is 5.53. The Morgan fingerprint density at radius 1 is 1.14 bits per heavy atom. The monoisotopic (exact) mass is 489 g/mol. The first kappa shape index (κ1) is 22.4. The molecule has 3 aliphatic heterocycles. The highest BCUT2D eigenvalue weighted by Gasteiger charge is 2.32. The van der Waals surface area contributed by atoms with Crippen LogP contribution in [0.5, 0.6) is 0 Å². The molecule has 1 saturated heterocycles. The third-order valence-corrected chi connectivity index (χ3v) is 8.05. The van der Waals surface area contributed by atoms with E-state index in [1.165, 1.54) is 16.5 Å². The average Bonchev–Trinajstić information content (AvgIpc) is 3.24. The second-order valence-corrected chi connectivity index (χ2v) is 10.5. The van der Waals surface area contributed by atoms with Gasteiger partial charge in [0.2, 0.25) is 0 Å². The van der Waals surface area contributed by atoms with Gasteiger partial charge in [0.05, 0.1) is 36.6 Å². The summed E-state index contributed by atoms with van der Waals surface area (Å²) in [6.07, 6.45) is 20.5. The van der Waals surface area contributed by atoms with E-state index in [2.05, 4.69) is 69.7 Å². The number of anilines is 1. The lowest BCUT2D eigenvalue weighted by atomic mass is 10.1. The maximum atomic E-state index is 5.53. The zero-order valence-corrected chi connectivity index (χ0v) is 21.1. The normalized spacial score (nSPS) is 24.0. The highest BCUT2D eigenvalue weighted by molar-refractivity contribution is 8.14. The molecule has 0 aromatic carbocycles. The predicted molar refractivity (Wildman–Crippen MR) is 142 cm³/mol. The van der Waals surface area contributed by atoms with Gasteiger partial charge >= 0.3 is 0 Å². The number of thioether (sulfide) groups is 1. The summed E-state index contributed by atoms with van der Waals surface area (Å²) in [6, 6.07) is 2.30. The first-order valence-electron chi connectivity index (χ1n) is 12.3. The Hall–Kier alpha value is -3.04. The van der Waals surface area contributed by atoms with Crippen molar-refractivity contribution in [3.8, 4) is 0 Å². The van der Waals surface area contributed by atoms with Crippen LogP contribution in [0, 0.1) is 0 Å². The third kappa shape index (κ3) is 4.62. The van der Waals surface area contributed by atoms with E-state index < -0.39 is 0 Å². The number of pyridine rings is 1. The highest BCUT2D eigenvalue weighted by Crippen LogP contribution is 2.33. The molecule has 182 valence electrons. The number of morpholine rings is 1. The van der Waals surface area contributed by atoms with E-state index in [-0.39, 0.29) is 6.17 Å². The molecule has 2 aromatic rings. The van der Waals surface area contributed by atoms with Crippen molar-refractivity contribution < 1.29 is 4.74 Å². The van der Waals surface area contributed by atoms with E-state index in [9.17, 15) is 0 Å². The Balaban J connectivity index is 1.28. The second-order valence-electron chi connectivity index (χ2n) is 9.34. The highest BCUT2D eigenvalue weighted by atomic mass is 32.2. The van der Waals surface area contributed by atoms with Crippen LogP contribution in [0.3, 0.4) is 0 Å². The first-order valence-corrected chi connectivity index (χ1v) is 13.2. The second kappa shape index (κ2) is 9.54. The molecule has 0 N–H and O–H groups in total. The lowest BCUT2D eigenvalue weighted by Gasteiger charge is -2.28. The molecule has 2 aromatic heterocycles. The zero-order chi connectivity index (χ0) is 23.8. The van der Waals surface area contributed by atoms with Gasteiger partial charge in [-0.05, 0) is 42.2 Å². The van der Waals surface area contributed by atoms with Gasteiger partial charge in [-0.1, -0.05) is 30.0 Å². The summed E-state index contributed by atoms with van der Waals surface area (Å²) >= 11 is 1.85. The number of hydrazone groups is 1. The molecule has 2 atom stereocenters. The summed E-state index contributed by atoms with van der Waals surface area (Å²) in [4.78, 5) is 9.48. The largest absolute Gasteiger partial charge is 0.378 e. The fourth-order valence-electron chi connectivity index (χ4n) is 4.96. The van der Waals surface area contributed by atoms with Crippen LogP contribution in [-0.2, 0) is 11.8 Å². The third-order valence-electron chi connectivity index (χ3n) is 6.87. The molecule has 0 amide bonds. The zero-order valence-electron chi connectivity index (χ0n) is 20.2. The van der Waals surface area contributed by atoms with Crippen molar-refractivity contribution in [3.05, 3.63) is 59.1 Å². The van der Waals surface area contributed by atoms with Crippen LogP contribution >= 0.6 is 11.8 Å². The smallest absolute Gasteiger partial charge is 0.189 e. The van der Waals surface area contributed by atoms with Gasteiger partial charge in [0.1, 0.15) is 6.17 Å². The minimum absolute atomic E-state index is 0.103. The molecule has 2 unspecified atom stereocenters. The van der Waals surface area contributed by atoms with E-state index in [1.54, 1.807) is 0 Å². The molecular weight excluding hydrogens is 458 g/mol. The van der Waals surface area contributed by atoms with Crippen LogP contribution in [-0.4, -0.2) is 74.6 Å². The van der Waals surface area contributed by atoms with E-state index >= 15 is 0 Å². The average molecular weight is 490 g/mol. The minimum atomic E-state index is 0.103. The fraction of sp³-hybridized carbons (Fsp3) is 0.423. The number of amidine groups is 1. The van der Waals surface area contributed by atoms with Gasteiger partial charge in [-0.15, -0.1) is 5.10 Å². The molecule has 1 aliphatic carbocycles. The number of hydrogen-bond donors (Lipinski definition) is 0. The first-order chi connectivity index (χ1) is 17.1. The fourth-order valence-corrected chi connectivity index (χ4v) is 6.16. The molecule has 9 heteroatoms. The summed E-state index contributed by atoms with van der Waals surface area (Å²) in [5.41, 5.74) is 3.59. The molecule has 0 radical (unpaired) electrons. The summed E-state index contributed by atoms with van der Waals surface area (Å²) in [7, 11) is 4.01. The van der Waals surface area contributed by atoms with Gasteiger partial charge in [-0.3, -0.25) is 19.6 Å². The van der Waals surface area contributed by atoms with E-state index in [1.807, 2.05) is 35.9 Å². The molecule has 35 heavy (non-hydrogen) atoms. The standard InChI is InChI=1S/C26H31N7OS/c1-30-17-21(15-28-30)19-5-3-8-25-31(2)29-26(33(25)18-19)35-23-6-4-7-24-20(14-23)13-22(16-27-24)32-9-11-34-12-10-32/h3,7-8,13-18,23,25H,4-6,9-12H2,1-2H3. The number of ether oxygens (including phenoxy) is 1. The van der Waals surface area contributed by atoms with Gasteiger partial charge in [0.15, 0.2) is 5.17 Å².